The molecule has 1 aromatic carbocycles. The summed E-state index contributed by atoms with van der Waals surface area (Å²) in [5.41, 5.74) is 7.31. The predicted octanol–water partition coefficient (Wildman–Crippen LogP) is 1.80. The van der Waals surface area contributed by atoms with Gasteiger partial charge in [-0.25, -0.2) is 4.79 Å². The normalized spacial score (nSPS) is 23.6. The fraction of sp³-hybridized carbons (Fsp3) is 0.462. The summed E-state index contributed by atoms with van der Waals surface area (Å²) in [4.78, 5) is 12.8. The Morgan fingerprint density at radius 1 is 1.47 bits per heavy atom. The van der Waals surface area contributed by atoms with E-state index in [-0.39, 0.29) is 5.54 Å². The highest BCUT2D eigenvalue weighted by atomic mass is 16.2. The van der Waals surface area contributed by atoms with E-state index in [2.05, 4.69) is 18.3 Å². The van der Waals surface area contributed by atoms with E-state index in [1.807, 2.05) is 18.2 Å². The third kappa shape index (κ3) is 2.13. The number of amides is 2. The van der Waals surface area contributed by atoms with Gasteiger partial charge in [-0.05, 0) is 37.9 Å². The van der Waals surface area contributed by atoms with Crippen molar-refractivity contribution < 1.29 is 4.79 Å². The Balaban J connectivity index is 2.43. The van der Waals surface area contributed by atoms with E-state index in [4.69, 9.17) is 5.73 Å². The van der Waals surface area contributed by atoms with Crippen LogP contribution in [-0.4, -0.2) is 19.6 Å². The summed E-state index contributed by atoms with van der Waals surface area (Å²) in [5.74, 6) is 0. The molecule has 0 spiro atoms. The maximum Gasteiger partial charge on any atom is 0.319 e. The van der Waals surface area contributed by atoms with Crippen LogP contribution in [0.15, 0.2) is 24.3 Å². The van der Waals surface area contributed by atoms with Gasteiger partial charge in [0, 0.05) is 12.6 Å². The molecule has 0 saturated carbocycles. The number of nitrogens with one attached hydrogen (secondary N) is 1. The number of nitrogens with zero attached hydrogens (tertiary/aromatic N) is 1. The molecule has 92 valence electrons. The Kier molecular flexibility index (Phi) is 3.07. The molecule has 1 unspecified atom stereocenters. The van der Waals surface area contributed by atoms with Gasteiger partial charge in [0.25, 0.3) is 0 Å². The average Bonchev–Trinajstić information content (AvgIpc) is 2.76. The minimum absolute atomic E-state index is 0.0553. The van der Waals surface area contributed by atoms with Gasteiger partial charge in [0.2, 0.25) is 0 Å². The first kappa shape index (κ1) is 11.9. The summed E-state index contributed by atoms with van der Waals surface area (Å²) in [6.07, 6.45) is 2.24. The minimum atomic E-state index is -0.431. The van der Waals surface area contributed by atoms with Gasteiger partial charge in [0.05, 0.1) is 5.69 Å². The van der Waals surface area contributed by atoms with Crippen LogP contribution in [0.1, 0.15) is 25.3 Å². The number of hydrogen-bond donors (Lipinski definition) is 2. The first-order valence-electron chi connectivity index (χ1n) is 5.92. The molecule has 1 aromatic rings. The van der Waals surface area contributed by atoms with Crippen LogP contribution in [0.2, 0.25) is 0 Å². The molecule has 1 aliphatic heterocycles. The minimum Gasteiger partial charge on any atom is -0.351 e. The third-order valence-corrected chi connectivity index (χ3v) is 3.56. The Morgan fingerprint density at radius 2 is 2.18 bits per heavy atom. The van der Waals surface area contributed by atoms with Gasteiger partial charge in [-0.1, -0.05) is 18.2 Å². The van der Waals surface area contributed by atoms with Crippen molar-refractivity contribution >= 4 is 11.7 Å². The summed E-state index contributed by atoms with van der Waals surface area (Å²) in [6, 6.07) is 7.49. The second kappa shape index (κ2) is 4.37. The number of anilines is 1. The highest BCUT2D eigenvalue weighted by Crippen LogP contribution is 2.36. The Morgan fingerprint density at radius 3 is 2.76 bits per heavy atom. The molecule has 1 atom stereocenters. The number of primary amides is 1. The number of hydrogen-bond acceptors (Lipinski definition) is 2. The lowest BCUT2D eigenvalue weighted by molar-refractivity contribution is 0.255. The Labute approximate surface area is 102 Å². The van der Waals surface area contributed by atoms with Gasteiger partial charge in [0.1, 0.15) is 0 Å². The molecule has 2 amide bonds. The average molecular weight is 233 g/mol. The molecule has 1 aliphatic rings. The van der Waals surface area contributed by atoms with Crippen LogP contribution in [0, 0.1) is 0 Å². The van der Waals surface area contributed by atoms with Gasteiger partial charge in [-0.2, -0.15) is 0 Å². The second-order valence-electron chi connectivity index (χ2n) is 4.78. The molecule has 4 heteroatoms. The van der Waals surface area contributed by atoms with Crippen molar-refractivity contribution in [1.29, 1.82) is 0 Å². The van der Waals surface area contributed by atoms with Gasteiger partial charge in [-0.15, -0.1) is 0 Å². The summed E-state index contributed by atoms with van der Waals surface area (Å²) in [6.45, 7) is 3.19. The van der Waals surface area contributed by atoms with Crippen molar-refractivity contribution in [3.8, 4) is 0 Å². The molecule has 0 aliphatic carbocycles. The molecule has 2 rings (SSSR count). The number of urea groups is 1. The van der Waals surface area contributed by atoms with Crippen LogP contribution in [0.3, 0.4) is 0 Å². The van der Waals surface area contributed by atoms with Gasteiger partial charge >= 0.3 is 6.03 Å². The molecule has 1 saturated heterocycles. The molecular formula is C13H19N3O. The molecule has 1 fully saturated rings. The summed E-state index contributed by atoms with van der Waals surface area (Å²) < 4.78 is 0. The monoisotopic (exact) mass is 233 g/mol. The highest BCUT2D eigenvalue weighted by molar-refractivity contribution is 5.91. The molecule has 0 aromatic heterocycles. The first-order valence-corrected chi connectivity index (χ1v) is 5.92. The van der Waals surface area contributed by atoms with Crippen LogP contribution < -0.4 is 16.0 Å². The molecule has 17 heavy (non-hydrogen) atoms. The van der Waals surface area contributed by atoms with E-state index in [1.165, 1.54) is 4.90 Å². The smallest absolute Gasteiger partial charge is 0.319 e. The lowest BCUT2D eigenvalue weighted by atomic mass is 9.89. The number of carbonyl (C=O) groups excluding carboxylic acids is 1. The Hall–Kier alpha value is -1.55. The van der Waals surface area contributed by atoms with Crippen LogP contribution in [0.4, 0.5) is 10.5 Å². The summed E-state index contributed by atoms with van der Waals surface area (Å²) >= 11 is 0. The lowest BCUT2D eigenvalue weighted by Gasteiger charge is -2.30. The maximum atomic E-state index is 11.3. The molecule has 3 N–H and O–H groups in total. The molecule has 0 radical (unpaired) electrons. The van der Waals surface area contributed by atoms with E-state index >= 15 is 0 Å². The van der Waals surface area contributed by atoms with E-state index in [1.54, 1.807) is 7.05 Å². The van der Waals surface area contributed by atoms with Gasteiger partial charge in [0.15, 0.2) is 0 Å². The van der Waals surface area contributed by atoms with Gasteiger partial charge < -0.3 is 11.1 Å². The Bertz CT molecular complexity index is 424. The number of benzene rings is 1. The van der Waals surface area contributed by atoms with E-state index < -0.39 is 6.03 Å². The summed E-state index contributed by atoms with van der Waals surface area (Å²) in [7, 11) is 1.71. The van der Waals surface area contributed by atoms with Crippen LogP contribution >= 0.6 is 0 Å². The zero-order valence-electron chi connectivity index (χ0n) is 10.4. The third-order valence-electron chi connectivity index (χ3n) is 3.56. The fourth-order valence-electron chi connectivity index (χ4n) is 2.48. The fourth-order valence-corrected chi connectivity index (χ4v) is 2.48. The standard InChI is InChI=1S/C13H19N3O/c1-13(8-5-9-15-13)10-6-3-4-7-11(10)16(2)12(14)17/h3-4,6-7,15H,5,8-9H2,1-2H3,(H2,14,17). The topological polar surface area (TPSA) is 58.4 Å². The number of para-hydroxylation sites is 1. The van der Waals surface area contributed by atoms with E-state index in [0.717, 1.165) is 30.6 Å². The molecule has 4 nitrogen and oxygen atoms in total. The van der Waals surface area contributed by atoms with Crippen molar-refractivity contribution in [1.82, 2.24) is 5.32 Å². The van der Waals surface area contributed by atoms with E-state index in [0.29, 0.717) is 0 Å². The largest absolute Gasteiger partial charge is 0.351 e. The van der Waals surface area contributed by atoms with Crippen LogP contribution in [0.5, 0.6) is 0 Å². The van der Waals surface area contributed by atoms with Crippen LogP contribution in [0.25, 0.3) is 0 Å². The van der Waals surface area contributed by atoms with Crippen LogP contribution in [-0.2, 0) is 5.54 Å². The van der Waals surface area contributed by atoms with Crippen molar-refractivity contribution in [2.75, 3.05) is 18.5 Å². The number of nitrogens with two attached hydrogens (primary N) is 1. The SMILES string of the molecule is CN(C(N)=O)c1ccccc1C1(C)CCCN1. The quantitative estimate of drug-likeness (QED) is 0.818. The second-order valence-corrected chi connectivity index (χ2v) is 4.78. The van der Waals surface area contributed by atoms with Crippen molar-refractivity contribution in [3.63, 3.8) is 0 Å². The van der Waals surface area contributed by atoms with E-state index in [9.17, 15) is 4.79 Å². The number of rotatable bonds is 2. The zero-order chi connectivity index (χ0) is 12.5. The van der Waals surface area contributed by atoms with Crippen molar-refractivity contribution in [2.45, 2.75) is 25.3 Å². The lowest BCUT2D eigenvalue weighted by Crippen LogP contribution is -2.38. The molecule has 0 bridgehead atoms. The predicted molar refractivity (Wildman–Crippen MR) is 69.0 cm³/mol. The van der Waals surface area contributed by atoms with Crippen molar-refractivity contribution in [2.24, 2.45) is 5.73 Å². The zero-order valence-corrected chi connectivity index (χ0v) is 10.4. The number of carbonyl (C=O) groups is 1. The van der Waals surface area contributed by atoms with Crippen molar-refractivity contribution in [3.05, 3.63) is 29.8 Å². The van der Waals surface area contributed by atoms with Gasteiger partial charge in [-0.3, -0.25) is 4.90 Å². The molecular weight excluding hydrogens is 214 g/mol. The molecule has 1 heterocycles. The summed E-state index contributed by atoms with van der Waals surface area (Å²) in [5, 5.41) is 3.50. The first-order chi connectivity index (χ1) is 8.04. The highest BCUT2D eigenvalue weighted by Gasteiger charge is 2.32. The maximum absolute atomic E-state index is 11.3.